The Morgan fingerprint density at radius 1 is 0.864 bits per heavy atom. The molecule has 0 amide bonds. The van der Waals surface area contributed by atoms with Crippen LogP contribution in [0.2, 0.25) is 0 Å². The number of ether oxygens (including phenoxy) is 1. The fourth-order valence-electron chi connectivity index (χ4n) is 2.68. The number of fused-ring (bicyclic) bond motifs is 1. The van der Waals surface area contributed by atoms with Gasteiger partial charge in [0.15, 0.2) is 5.78 Å². The lowest BCUT2D eigenvalue weighted by Gasteiger charge is -2.21. The van der Waals surface area contributed by atoms with Gasteiger partial charge in [-0.1, -0.05) is 36.4 Å². The molecule has 22 heavy (non-hydrogen) atoms. The van der Waals surface area contributed by atoms with Crippen molar-refractivity contribution in [2.45, 2.75) is 6.42 Å². The summed E-state index contributed by atoms with van der Waals surface area (Å²) in [6, 6.07) is 13.6. The Kier molecular flexibility index (Phi) is 3.59. The molecule has 0 aliphatic heterocycles. The topological polar surface area (TPSA) is 60.4 Å². The van der Waals surface area contributed by atoms with Crippen molar-refractivity contribution < 1.29 is 19.1 Å². The van der Waals surface area contributed by atoms with Gasteiger partial charge in [0.25, 0.3) is 0 Å². The van der Waals surface area contributed by atoms with Gasteiger partial charge in [-0.15, -0.1) is 0 Å². The molecular weight excluding hydrogens is 280 g/mol. The number of carbonyl (C=O) groups excluding carboxylic acids is 3. The van der Waals surface area contributed by atoms with Crippen LogP contribution < -0.4 is 4.74 Å². The molecule has 0 fully saturated rings. The van der Waals surface area contributed by atoms with Gasteiger partial charge < -0.3 is 4.74 Å². The van der Waals surface area contributed by atoms with Gasteiger partial charge in [0.2, 0.25) is 11.6 Å². The highest BCUT2D eigenvalue weighted by molar-refractivity contribution is 6.51. The molecule has 0 spiro atoms. The molecular formula is C18H14O4. The van der Waals surface area contributed by atoms with Gasteiger partial charge in [-0.2, -0.15) is 0 Å². The minimum Gasteiger partial charge on any atom is -0.497 e. The number of rotatable bonds is 3. The van der Waals surface area contributed by atoms with Gasteiger partial charge in [0.05, 0.1) is 13.0 Å². The van der Waals surface area contributed by atoms with Gasteiger partial charge in [-0.25, -0.2) is 0 Å². The highest BCUT2D eigenvalue weighted by atomic mass is 16.5. The van der Waals surface area contributed by atoms with Crippen LogP contribution in [0.15, 0.2) is 48.5 Å². The molecule has 0 N–H and O–H groups in total. The lowest BCUT2D eigenvalue weighted by Crippen LogP contribution is -2.38. The van der Waals surface area contributed by atoms with Gasteiger partial charge in [-0.05, 0) is 24.1 Å². The van der Waals surface area contributed by atoms with E-state index in [4.69, 9.17) is 4.74 Å². The number of ketones is 3. The molecule has 1 aliphatic carbocycles. The van der Waals surface area contributed by atoms with Crippen LogP contribution in [0.3, 0.4) is 0 Å². The summed E-state index contributed by atoms with van der Waals surface area (Å²) in [6.45, 7) is 0. The van der Waals surface area contributed by atoms with Crippen molar-refractivity contribution in [3.63, 3.8) is 0 Å². The molecule has 0 heterocycles. The summed E-state index contributed by atoms with van der Waals surface area (Å²) in [4.78, 5) is 36.9. The van der Waals surface area contributed by atoms with E-state index in [1.165, 1.54) is 6.07 Å². The summed E-state index contributed by atoms with van der Waals surface area (Å²) in [5.41, 5.74) is 1.37. The van der Waals surface area contributed by atoms with Crippen molar-refractivity contribution in [3.8, 4) is 5.75 Å². The first-order valence-electron chi connectivity index (χ1n) is 6.96. The normalized spacial score (nSPS) is 17.3. The summed E-state index contributed by atoms with van der Waals surface area (Å²) < 4.78 is 5.08. The number of hydrogen-bond donors (Lipinski definition) is 0. The SMILES string of the molecule is COc1ccc(CC2C(=O)C(=O)c3ccccc3C2=O)cc1. The van der Waals surface area contributed by atoms with E-state index >= 15 is 0 Å². The molecule has 1 aliphatic rings. The Hall–Kier alpha value is -2.75. The number of benzene rings is 2. The van der Waals surface area contributed by atoms with E-state index in [1.54, 1.807) is 49.6 Å². The second-order valence-electron chi connectivity index (χ2n) is 5.21. The number of Topliss-reactive ketones (excluding diaryl/α,β-unsaturated/α-hetero) is 3. The molecule has 0 saturated heterocycles. The molecule has 4 heteroatoms. The minimum atomic E-state index is -0.934. The van der Waals surface area contributed by atoms with Crippen molar-refractivity contribution in [1.29, 1.82) is 0 Å². The summed E-state index contributed by atoms with van der Waals surface area (Å²) in [5.74, 6) is -1.72. The van der Waals surface area contributed by atoms with E-state index < -0.39 is 17.5 Å². The molecule has 110 valence electrons. The van der Waals surface area contributed by atoms with E-state index in [2.05, 4.69) is 0 Å². The first-order chi connectivity index (χ1) is 10.6. The zero-order chi connectivity index (χ0) is 15.7. The smallest absolute Gasteiger partial charge is 0.230 e. The van der Waals surface area contributed by atoms with Crippen molar-refractivity contribution in [2.24, 2.45) is 5.92 Å². The van der Waals surface area contributed by atoms with Crippen molar-refractivity contribution in [2.75, 3.05) is 7.11 Å². The third kappa shape index (κ3) is 2.33. The first kappa shape index (κ1) is 14.2. The van der Waals surface area contributed by atoms with E-state index in [-0.39, 0.29) is 17.8 Å². The van der Waals surface area contributed by atoms with Crippen LogP contribution in [0, 0.1) is 5.92 Å². The lowest BCUT2D eigenvalue weighted by atomic mass is 9.78. The standard InChI is InChI=1S/C18H14O4/c1-22-12-8-6-11(7-9-12)10-15-16(19)13-4-2-3-5-14(13)17(20)18(15)21/h2-9,15H,10H2,1H3. The monoisotopic (exact) mass is 294 g/mol. The highest BCUT2D eigenvalue weighted by Crippen LogP contribution is 2.26. The molecule has 0 radical (unpaired) electrons. The zero-order valence-corrected chi connectivity index (χ0v) is 12.0. The molecule has 1 atom stereocenters. The molecule has 4 nitrogen and oxygen atoms in total. The fourth-order valence-corrected chi connectivity index (χ4v) is 2.68. The Morgan fingerprint density at radius 2 is 1.50 bits per heavy atom. The molecule has 1 unspecified atom stereocenters. The molecule has 3 rings (SSSR count). The van der Waals surface area contributed by atoms with Crippen molar-refractivity contribution in [1.82, 2.24) is 0 Å². The van der Waals surface area contributed by atoms with Gasteiger partial charge >= 0.3 is 0 Å². The maximum atomic E-state index is 12.5. The van der Waals surface area contributed by atoms with E-state index in [9.17, 15) is 14.4 Å². The molecule has 2 aromatic carbocycles. The summed E-state index contributed by atoms with van der Waals surface area (Å²) in [7, 11) is 1.57. The predicted octanol–water partition coefficient (Wildman–Crippen LogP) is 2.50. The average Bonchev–Trinajstić information content (AvgIpc) is 2.57. The number of methoxy groups -OCH3 is 1. The first-order valence-corrected chi connectivity index (χ1v) is 6.96. The van der Waals surface area contributed by atoms with Gasteiger partial charge in [0, 0.05) is 11.1 Å². The molecule has 0 saturated carbocycles. The van der Waals surface area contributed by atoms with Crippen LogP contribution >= 0.6 is 0 Å². The average molecular weight is 294 g/mol. The Balaban J connectivity index is 1.92. The summed E-state index contributed by atoms with van der Waals surface area (Å²) in [5, 5.41) is 0. The Morgan fingerprint density at radius 3 is 2.14 bits per heavy atom. The third-order valence-electron chi connectivity index (χ3n) is 3.89. The van der Waals surface area contributed by atoms with Crippen LogP contribution in [-0.2, 0) is 11.2 Å². The summed E-state index contributed by atoms with van der Waals surface area (Å²) >= 11 is 0. The minimum absolute atomic E-state index is 0.212. The highest BCUT2D eigenvalue weighted by Gasteiger charge is 2.39. The second-order valence-corrected chi connectivity index (χ2v) is 5.21. The largest absolute Gasteiger partial charge is 0.497 e. The maximum Gasteiger partial charge on any atom is 0.230 e. The quantitative estimate of drug-likeness (QED) is 0.644. The van der Waals surface area contributed by atoms with Gasteiger partial charge in [0.1, 0.15) is 5.75 Å². The number of hydrogen-bond acceptors (Lipinski definition) is 4. The van der Waals surface area contributed by atoms with E-state index in [1.807, 2.05) is 0 Å². The van der Waals surface area contributed by atoms with Crippen LogP contribution in [0.4, 0.5) is 0 Å². The van der Waals surface area contributed by atoms with Crippen molar-refractivity contribution in [3.05, 3.63) is 65.2 Å². The zero-order valence-electron chi connectivity index (χ0n) is 12.0. The lowest BCUT2D eigenvalue weighted by molar-refractivity contribution is -0.117. The van der Waals surface area contributed by atoms with Crippen molar-refractivity contribution >= 4 is 17.3 Å². The maximum absolute atomic E-state index is 12.5. The number of carbonyl (C=O) groups is 3. The van der Waals surface area contributed by atoms with E-state index in [0.29, 0.717) is 11.3 Å². The second kappa shape index (κ2) is 5.56. The van der Waals surface area contributed by atoms with Gasteiger partial charge in [-0.3, -0.25) is 14.4 Å². The fraction of sp³-hybridized carbons (Fsp3) is 0.167. The molecule has 0 aromatic heterocycles. The van der Waals surface area contributed by atoms with Crippen LogP contribution in [-0.4, -0.2) is 24.5 Å². The Bertz CT molecular complexity index is 759. The Labute approximate surface area is 127 Å². The van der Waals surface area contributed by atoms with Crippen LogP contribution in [0.1, 0.15) is 26.3 Å². The van der Waals surface area contributed by atoms with Crippen LogP contribution in [0.25, 0.3) is 0 Å². The van der Waals surface area contributed by atoms with E-state index in [0.717, 1.165) is 5.56 Å². The predicted molar refractivity (Wildman–Crippen MR) is 80.3 cm³/mol. The van der Waals surface area contributed by atoms with Crippen LogP contribution in [0.5, 0.6) is 5.75 Å². The molecule has 0 bridgehead atoms. The molecule has 2 aromatic rings. The summed E-state index contributed by atoms with van der Waals surface area (Å²) in [6.07, 6.45) is 0.224. The third-order valence-corrected chi connectivity index (χ3v) is 3.89.